The lowest BCUT2D eigenvalue weighted by Crippen LogP contribution is -2.54. The molecule has 1 unspecified atom stereocenters. The zero-order chi connectivity index (χ0) is 6.86. The molecule has 0 amide bonds. The van der Waals surface area contributed by atoms with Gasteiger partial charge in [0.1, 0.15) is 0 Å². The van der Waals surface area contributed by atoms with Crippen LogP contribution in [0.3, 0.4) is 0 Å². The number of hydrazine groups is 1. The summed E-state index contributed by atoms with van der Waals surface area (Å²) in [5.41, 5.74) is 7.01. The summed E-state index contributed by atoms with van der Waals surface area (Å²) in [7, 11) is 0. The number of hydrogen-bond donors (Lipinski definition) is 2. The number of nitrogens with one attached hydrogen (secondary N) is 2. The van der Waals surface area contributed by atoms with Crippen molar-refractivity contribution in [2.45, 2.75) is 37.6 Å². The van der Waals surface area contributed by atoms with Gasteiger partial charge in [0, 0.05) is 12.1 Å². The first kappa shape index (κ1) is 6.62. The summed E-state index contributed by atoms with van der Waals surface area (Å²) in [4.78, 5) is 0. The standard InChI is InChI=1S/C8H15N2/c1-2-5-8(4-1)6-3-7-9-10-8/h4,9-10H,1-3,5-7H2. The van der Waals surface area contributed by atoms with Gasteiger partial charge in [-0.1, -0.05) is 6.42 Å². The summed E-state index contributed by atoms with van der Waals surface area (Å²) in [6.07, 6.45) is 9.10. The normalized spacial score (nSPS) is 31.2. The zero-order valence-electron chi connectivity index (χ0n) is 6.32. The predicted octanol–water partition coefficient (Wildman–Crippen LogP) is 1.00. The second-order valence-corrected chi connectivity index (χ2v) is 3.41. The van der Waals surface area contributed by atoms with Crippen LogP contribution < -0.4 is 10.9 Å². The molecule has 1 saturated carbocycles. The second-order valence-electron chi connectivity index (χ2n) is 3.41. The molecule has 1 heterocycles. The molecule has 0 aromatic heterocycles. The van der Waals surface area contributed by atoms with Gasteiger partial charge < -0.3 is 0 Å². The maximum Gasteiger partial charge on any atom is 0.0355 e. The number of rotatable bonds is 0. The van der Waals surface area contributed by atoms with E-state index in [1.165, 1.54) is 32.1 Å². The van der Waals surface area contributed by atoms with E-state index in [4.69, 9.17) is 0 Å². The third-order valence-corrected chi connectivity index (χ3v) is 2.62. The summed E-state index contributed by atoms with van der Waals surface area (Å²) < 4.78 is 0. The highest BCUT2D eigenvalue weighted by Crippen LogP contribution is 2.33. The molecule has 2 aliphatic rings. The average molecular weight is 139 g/mol. The highest BCUT2D eigenvalue weighted by atomic mass is 15.4. The van der Waals surface area contributed by atoms with E-state index in [1.54, 1.807) is 0 Å². The van der Waals surface area contributed by atoms with E-state index in [0.717, 1.165) is 6.54 Å². The topological polar surface area (TPSA) is 24.1 Å². The fourth-order valence-electron chi connectivity index (χ4n) is 2.03. The first-order chi connectivity index (χ1) is 4.91. The van der Waals surface area contributed by atoms with Crippen LogP contribution in [0.4, 0.5) is 0 Å². The third kappa shape index (κ3) is 1.06. The first-order valence-corrected chi connectivity index (χ1v) is 4.26. The highest BCUT2D eigenvalue weighted by Gasteiger charge is 2.34. The van der Waals surface area contributed by atoms with E-state index in [1.807, 2.05) is 0 Å². The summed E-state index contributed by atoms with van der Waals surface area (Å²) >= 11 is 0. The monoisotopic (exact) mass is 139 g/mol. The van der Waals surface area contributed by atoms with Crippen molar-refractivity contribution in [1.82, 2.24) is 10.9 Å². The van der Waals surface area contributed by atoms with Crippen molar-refractivity contribution in [3.63, 3.8) is 0 Å². The Hall–Kier alpha value is -0.0800. The molecule has 10 heavy (non-hydrogen) atoms. The molecule has 1 radical (unpaired) electrons. The maximum absolute atomic E-state index is 3.39. The van der Waals surface area contributed by atoms with Crippen LogP contribution in [0, 0.1) is 6.42 Å². The van der Waals surface area contributed by atoms with Crippen LogP contribution in [0.25, 0.3) is 0 Å². The molecule has 2 heteroatoms. The van der Waals surface area contributed by atoms with E-state index in [-0.39, 0.29) is 0 Å². The van der Waals surface area contributed by atoms with Gasteiger partial charge in [0.05, 0.1) is 0 Å². The maximum atomic E-state index is 3.39. The van der Waals surface area contributed by atoms with Crippen LogP contribution in [-0.2, 0) is 0 Å². The lowest BCUT2D eigenvalue weighted by atomic mass is 9.91. The van der Waals surface area contributed by atoms with Gasteiger partial charge in [-0.3, -0.25) is 10.9 Å². The molecule has 1 saturated heterocycles. The Balaban J connectivity index is 1.98. The van der Waals surface area contributed by atoms with E-state index in [2.05, 4.69) is 17.3 Å². The SMILES string of the molecule is [CH]1CCCC12CCCNN2. The predicted molar refractivity (Wildman–Crippen MR) is 41.3 cm³/mol. The molecule has 0 aromatic rings. The van der Waals surface area contributed by atoms with Crippen LogP contribution in [0.1, 0.15) is 32.1 Å². The van der Waals surface area contributed by atoms with Crippen molar-refractivity contribution in [2.24, 2.45) is 0 Å². The lowest BCUT2D eigenvalue weighted by molar-refractivity contribution is 0.256. The Morgan fingerprint density at radius 1 is 1.20 bits per heavy atom. The van der Waals surface area contributed by atoms with Gasteiger partial charge in [0.2, 0.25) is 0 Å². The fraction of sp³-hybridized carbons (Fsp3) is 0.875. The molecule has 2 fully saturated rings. The van der Waals surface area contributed by atoms with Crippen molar-refractivity contribution >= 4 is 0 Å². The molecular formula is C8H15N2. The Labute approximate surface area is 62.4 Å². The molecule has 2 N–H and O–H groups in total. The third-order valence-electron chi connectivity index (χ3n) is 2.62. The van der Waals surface area contributed by atoms with Crippen molar-refractivity contribution in [1.29, 1.82) is 0 Å². The lowest BCUT2D eigenvalue weighted by Gasteiger charge is -2.34. The van der Waals surface area contributed by atoms with Crippen LogP contribution in [-0.4, -0.2) is 12.1 Å². The molecule has 1 aliphatic carbocycles. The molecule has 1 aliphatic heterocycles. The molecular weight excluding hydrogens is 124 g/mol. The minimum atomic E-state index is 0.387. The van der Waals surface area contributed by atoms with Gasteiger partial charge in [0.25, 0.3) is 0 Å². The van der Waals surface area contributed by atoms with Crippen molar-refractivity contribution in [2.75, 3.05) is 6.54 Å². The molecule has 1 atom stereocenters. The molecule has 0 bridgehead atoms. The molecule has 2 nitrogen and oxygen atoms in total. The largest absolute Gasteiger partial charge is 0.257 e. The van der Waals surface area contributed by atoms with Crippen LogP contribution in [0.2, 0.25) is 0 Å². The summed E-state index contributed by atoms with van der Waals surface area (Å²) in [6.45, 7) is 1.13. The fourth-order valence-corrected chi connectivity index (χ4v) is 2.03. The van der Waals surface area contributed by atoms with E-state index >= 15 is 0 Å². The molecule has 1 spiro atoms. The first-order valence-electron chi connectivity index (χ1n) is 4.26. The Morgan fingerprint density at radius 2 is 2.10 bits per heavy atom. The van der Waals surface area contributed by atoms with Gasteiger partial charge in [-0.25, -0.2) is 0 Å². The van der Waals surface area contributed by atoms with Gasteiger partial charge in [0.15, 0.2) is 0 Å². The van der Waals surface area contributed by atoms with Crippen LogP contribution >= 0.6 is 0 Å². The zero-order valence-corrected chi connectivity index (χ0v) is 6.32. The van der Waals surface area contributed by atoms with Crippen LogP contribution in [0.15, 0.2) is 0 Å². The average Bonchev–Trinajstić information content (AvgIpc) is 2.39. The van der Waals surface area contributed by atoms with Gasteiger partial charge in [-0.05, 0) is 32.1 Å². The molecule has 2 rings (SSSR count). The molecule has 57 valence electrons. The number of hydrogen-bond acceptors (Lipinski definition) is 2. The molecule has 0 aromatic carbocycles. The van der Waals surface area contributed by atoms with E-state index < -0.39 is 0 Å². The smallest absolute Gasteiger partial charge is 0.0355 e. The Morgan fingerprint density at radius 3 is 2.70 bits per heavy atom. The van der Waals surface area contributed by atoms with Gasteiger partial charge >= 0.3 is 0 Å². The van der Waals surface area contributed by atoms with Crippen molar-refractivity contribution in [3.8, 4) is 0 Å². The van der Waals surface area contributed by atoms with E-state index in [0.29, 0.717) is 5.54 Å². The quantitative estimate of drug-likeness (QED) is 0.523. The second kappa shape index (κ2) is 2.51. The van der Waals surface area contributed by atoms with Gasteiger partial charge in [-0.2, -0.15) is 0 Å². The van der Waals surface area contributed by atoms with E-state index in [9.17, 15) is 0 Å². The minimum Gasteiger partial charge on any atom is -0.257 e. The summed E-state index contributed by atoms with van der Waals surface area (Å²) in [5.74, 6) is 0. The minimum absolute atomic E-state index is 0.387. The van der Waals surface area contributed by atoms with Crippen molar-refractivity contribution < 1.29 is 0 Å². The summed E-state index contributed by atoms with van der Waals surface area (Å²) in [6, 6.07) is 0. The Kier molecular flexibility index (Phi) is 1.66. The Bertz CT molecular complexity index is 108. The van der Waals surface area contributed by atoms with Crippen molar-refractivity contribution in [3.05, 3.63) is 6.42 Å². The highest BCUT2D eigenvalue weighted by molar-refractivity contribution is 5.05. The van der Waals surface area contributed by atoms with Gasteiger partial charge in [-0.15, -0.1) is 0 Å². The van der Waals surface area contributed by atoms with Crippen LogP contribution in [0.5, 0.6) is 0 Å². The summed E-state index contributed by atoms with van der Waals surface area (Å²) in [5, 5.41) is 0.